The Morgan fingerprint density at radius 2 is 2.29 bits per heavy atom. The van der Waals surface area contributed by atoms with Crippen LogP contribution in [0.5, 0.6) is 0 Å². The largest absolute Gasteiger partial charge is 0.367 e. The summed E-state index contributed by atoms with van der Waals surface area (Å²) in [7, 11) is 1.92. The van der Waals surface area contributed by atoms with Gasteiger partial charge in [0.05, 0.1) is 23.6 Å². The molecule has 0 saturated carbocycles. The molecule has 1 unspecified atom stereocenters. The second-order valence-corrected chi connectivity index (χ2v) is 6.09. The summed E-state index contributed by atoms with van der Waals surface area (Å²) in [6, 6.07) is 1.94. The van der Waals surface area contributed by atoms with Crippen LogP contribution in [-0.2, 0) is 7.05 Å². The number of nitrogens with one attached hydrogen (secondary N) is 2. The van der Waals surface area contributed by atoms with E-state index in [1.807, 2.05) is 24.1 Å². The maximum Gasteiger partial charge on any atom is 0.258 e. The van der Waals surface area contributed by atoms with Crippen molar-refractivity contribution < 1.29 is 0 Å². The third-order valence-corrected chi connectivity index (χ3v) is 4.38. The molecule has 4 heterocycles. The van der Waals surface area contributed by atoms with Crippen LogP contribution in [0.3, 0.4) is 0 Å². The van der Waals surface area contributed by atoms with Gasteiger partial charge in [-0.05, 0) is 18.9 Å². The first-order valence-corrected chi connectivity index (χ1v) is 8.03. The minimum atomic E-state index is -0.147. The van der Waals surface area contributed by atoms with Crippen molar-refractivity contribution in [2.75, 3.05) is 23.3 Å². The molecule has 0 aliphatic carbocycles. The number of anilines is 2. The Hall–Kier alpha value is -2.90. The molecule has 4 rings (SSSR count). The Morgan fingerprint density at radius 3 is 3.12 bits per heavy atom. The lowest BCUT2D eigenvalue weighted by molar-refractivity contribution is 0.529. The van der Waals surface area contributed by atoms with Crippen LogP contribution < -0.4 is 15.8 Å². The van der Waals surface area contributed by atoms with Gasteiger partial charge in [0.15, 0.2) is 5.82 Å². The van der Waals surface area contributed by atoms with Gasteiger partial charge in [0.1, 0.15) is 5.52 Å². The molecular weight excluding hydrogens is 306 g/mol. The van der Waals surface area contributed by atoms with Crippen LogP contribution in [0.4, 0.5) is 11.5 Å². The molecule has 2 N–H and O–H groups in total. The standard InChI is InChI=1S/C16H19N7O/c1-22-9-12(7-20-22)23-6-2-3-11(8-23)21-15-14-13(4-5-17-15)16(24)19-10-18-14/h4-5,7,9-11H,2-3,6,8H2,1H3,(H,17,21)(H,18,19,24). The summed E-state index contributed by atoms with van der Waals surface area (Å²) in [4.78, 5) is 25.5. The molecule has 8 heteroatoms. The summed E-state index contributed by atoms with van der Waals surface area (Å²) in [5, 5.41) is 8.26. The van der Waals surface area contributed by atoms with E-state index in [1.165, 1.54) is 6.33 Å². The van der Waals surface area contributed by atoms with Gasteiger partial charge in [-0.25, -0.2) is 9.97 Å². The number of H-pyrrole nitrogens is 1. The quantitative estimate of drug-likeness (QED) is 0.750. The SMILES string of the molecule is Cn1cc(N2CCCC(Nc3nccc4c(=O)[nH]cnc34)C2)cn1. The lowest BCUT2D eigenvalue weighted by atomic mass is 10.1. The van der Waals surface area contributed by atoms with Crippen molar-refractivity contribution in [3.8, 4) is 0 Å². The predicted molar refractivity (Wildman–Crippen MR) is 92.2 cm³/mol. The predicted octanol–water partition coefficient (Wildman–Crippen LogP) is 1.13. The lowest BCUT2D eigenvalue weighted by Crippen LogP contribution is -2.42. The smallest absolute Gasteiger partial charge is 0.258 e. The fourth-order valence-corrected chi connectivity index (χ4v) is 3.20. The maximum absolute atomic E-state index is 11.9. The van der Waals surface area contributed by atoms with E-state index in [1.54, 1.807) is 12.3 Å². The van der Waals surface area contributed by atoms with E-state index in [4.69, 9.17) is 0 Å². The highest BCUT2D eigenvalue weighted by molar-refractivity contribution is 5.87. The van der Waals surface area contributed by atoms with E-state index >= 15 is 0 Å². The summed E-state index contributed by atoms with van der Waals surface area (Å²) in [6.07, 6.45) is 9.12. The van der Waals surface area contributed by atoms with Crippen molar-refractivity contribution >= 4 is 22.4 Å². The summed E-state index contributed by atoms with van der Waals surface area (Å²) < 4.78 is 1.81. The molecule has 124 valence electrons. The summed E-state index contributed by atoms with van der Waals surface area (Å²) >= 11 is 0. The van der Waals surface area contributed by atoms with Crippen LogP contribution in [0.1, 0.15) is 12.8 Å². The molecule has 24 heavy (non-hydrogen) atoms. The number of rotatable bonds is 3. The van der Waals surface area contributed by atoms with Gasteiger partial charge in [-0.15, -0.1) is 0 Å². The third-order valence-electron chi connectivity index (χ3n) is 4.38. The van der Waals surface area contributed by atoms with Gasteiger partial charge < -0.3 is 15.2 Å². The number of aromatic nitrogens is 5. The number of fused-ring (bicyclic) bond motifs is 1. The average molecular weight is 325 g/mol. The molecule has 1 aliphatic heterocycles. The topological polar surface area (TPSA) is 91.7 Å². The van der Waals surface area contributed by atoms with Gasteiger partial charge >= 0.3 is 0 Å². The van der Waals surface area contributed by atoms with E-state index < -0.39 is 0 Å². The van der Waals surface area contributed by atoms with Gasteiger partial charge in [0, 0.05) is 38.6 Å². The summed E-state index contributed by atoms with van der Waals surface area (Å²) in [5.74, 6) is 0.664. The second-order valence-electron chi connectivity index (χ2n) is 6.09. The number of pyridine rings is 1. The molecule has 0 radical (unpaired) electrons. The lowest BCUT2D eigenvalue weighted by Gasteiger charge is -2.34. The first-order chi connectivity index (χ1) is 11.7. The number of aromatic amines is 1. The van der Waals surface area contributed by atoms with Crippen molar-refractivity contribution in [2.45, 2.75) is 18.9 Å². The van der Waals surface area contributed by atoms with Crippen molar-refractivity contribution in [2.24, 2.45) is 7.05 Å². The first-order valence-electron chi connectivity index (χ1n) is 8.03. The maximum atomic E-state index is 11.9. The molecule has 1 saturated heterocycles. The van der Waals surface area contributed by atoms with Gasteiger partial charge in [-0.1, -0.05) is 0 Å². The number of piperidine rings is 1. The number of hydrogen-bond donors (Lipinski definition) is 2. The normalized spacial score (nSPS) is 18.0. The minimum absolute atomic E-state index is 0.147. The van der Waals surface area contributed by atoms with Gasteiger partial charge in [-0.2, -0.15) is 5.10 Å². The molecule has 0 amide bonds. The van der Waals surface area contributed by atoms with Crippen LogP contribution in [0.2, 0.25) is 0 Å². The van der Waals surface area contributed by atoms with Crippen LogP contribution in [0.15, 0.2) is 35.8 Å². The van der Waals surface area contributed by atoms with Crippen LogP contribution in [0.25, 0.3) is 10.9 Å². The highest BCUT2D eigenvalue weighted by Crippen LogP contribution is 2.22. The van der Waals surface area contributed by atoms with Crippen molar-refractivity contribution in [3.05, 3.63) is 41.3 Å². The Morgan fingerprint density at radius 1 is 1.38 bits per heavy atom. The molecular formula is C16H19N7O. The molecule has 3 aromatic heterocycles. The zero-order chi connectivity index (χ0) is 16.5. The van der Waals surface area contributed by atoms with Gasteiger partial charge in [0.2, 0.25) is 0 Å². The first kappa shape index (κ1) is 14.7. The molecule has 0 bridgehead atoms. The van der Waals surface area contributed by atoms with Crippen LogP contribution in [0, 0.1) is 0 Å². The van der Waals surface area contributed by atoms with E-state index in [2.05, 4.69) is 30.3 Å². The molecule has 1 atom stereocenters. The number of nitrogens with zero attached hydrogens (tertiary/aromatic N) is 5. The number of aryl methyl sites for hydroxylation is 1. The summed E-state index contributed by atoms with van der Waals surface area (Å²) in [6.45, 7) is 1.89. The van der Waals surface area contributed by atoms with Crippen molar-refractivity contribution in [1.82, 2.24) is 24.7 Å². The van der Waals surface area contributed by atoms with Crippen LogP contribution >= 0.6 is 0 Å². The van der Waals surface area contributed by atoms with E-state index in [9.17, 15) is 4.79 Å². The highest BCUT2D eigenvalue weighted by atomic mass is 16.1. The summed E-state index contributed by atoms with van der Waals surface area (Å²) in [5.41, 5.74) is 1.59. The highest BCUT2D eigenvalue weighted by Gasteiger charge is 2.22. The van der Waals surface area contributed by atoms with E-state index in [0.717, 1.165) is 31.6 Å². The zero-order valence-corrected chi connectivity index (χ0v) is 13.4. The van der Waals surface area contributed by atoms with Crippen molar-refractivity contribution in [1.29, 1.82) is 0 Å². The Bertz CT molecular complexity index is 916. The Kier molecular flexibility index (Phi) is 3.64. The van der Waals surface area contributed by atoms with Gasteiger partial charge in [0.25, 0.3) is 5.56 Å². The molecule has 3 aromatic rings. The van der Waals surface area contributed by atoms with Crippen LogP contribution in [-0.4, -0.2) is 43.9 Å². The molecule has 1 aliphatic rings. The fraction of sp³-hybridized carbons (Fsp3) is 0.375. The van der Waals surface area contributed by atoms with E-state index in [-0.39, 0.29) is 11.6 Å². The fourth-order valence-electron chi connectivity index (χ4n) is 3.20. The van der Waals surface area contributed by atoms with Gasteiger partial charge in [-0.3, -0.25) is 9.48 Å². The molecule has 8 nitrogen and oxygen atoms in total. The Labute approximate surface area is 138 Å². The second kappa shape index (κ2) is 5.95. The third kappa shape index (κ3) is 2.70. The molecule has 0 aromatic carbocycles. The molecule has 0 spiro atoms. The monoisotopic (exact) mass is 325 g/mol. The minimum Gasteiger partial charge on any atom is -0.367 e. The Balaban J connectivity index is 1.57. The zero-order valence-electron chi connectivity index (χ0n) is 13.4. The molecule has 1 fully saturated rings. The number of hydrogen-bond acceptors (Lipinski definition) is 6. The van der Waals surface area contributed by atoms with Crippen molar-refractivity contribution in [3.63, 3.8) is 0 Å². The average Bonchev–Trinajstić information content (AvgIpc) is 3.03. The van der Waals surface area contributed by atoms with E-state index in [0.29, 0.717) is 16.7 Å².